The highest BCUT2D eigenvalue weighted by Gasteiger charge is 2.23. The summed E-state index contributed by atoms with van der Waals surface area (Å²) in [5, 5.41) is 0. The smallest absolute Gasteiger partial charge is 0.0960 e. The molecule has 3 heteroatoms. The molecule has 3 nitrogen and oxygen atoms in total. The van der Waals surface area contributed by atoms with Crippen molar-refractivity contribution in [2.75, 3.05) is 19.8 Å². The number of ether oxygens (including phenoxy) is 2. The van der Waals surface area contributed by atoms with Crippen molar-refractivity contribution in [1.29, 1.82) is 0 Å². The summed E-state index contributed by atoms with van der Waals surface area (Å²) in [6.45, 7) is 6.55. The van der Waals surface area contributed by atoms with Crippen LogP contribution in [0.3, 0.4) is 0 Å². The molecular formula is C11H23NO2. The van der Waals surface area contributed by atoms with Crippen LogP contribution in [0.25, 0.3) is 0 Å². The van der Waals surface area contributed by atoms with E-state index in [1.54, 1.807) is 0 Å². The number of rotatable bonds is 5. The highest BCUT2D eigenvalue weighted by Crippen LogP contribution is 2.16. The van der Waals surface area contributed by atoms with Crippen molar-refractivity contribution in [2.45, 2.75) is 45.3 Å². The van der Waals surface area contributed by atoms with E-state index in [9.17, 15) is 0 Å². The summed E-state index contributed by atoms with van der Waals surface area (Å²) in [6, 6.07) is 0.136. The third-order valence-corrected chi connectivity index (χ3v) is 2.78. The molecular weight excluding hydrogens is 178 g/mol. The summed E-state index contributed by atoms with van der Waals surface area (Å²) < 4.78 is 10.9. The molecule has 2 N–H and O–H groups in total. The highest BCUT2D eigenvalue weighted by molar-refractivity contribution is 4.77. The van der Waals surface area contributed by atoms with E-state index in [1.807, 2.05) is 0 Å². The van der Waals surface area contributed by atoms with E-state index in [4.69, 9.17) is 15.2 Å². The van der Waals surface area contributed by atoms with Crippen LogP contribution in [0.5, 0.6) is 0 Å². The first kappa shape index (κ1) is 12.0. The van der Waals surface area contributed by atoms with E-state index in [-0.39, 0.29) is 12.1 Å². The van der Waals surface area contributed by atoms with Gasteiger partial charge in [-0.2, -0.15) is 0 Å². The molecule has 0 bridgehead atoms. The van der Waals surface area contributed by atoms with Gasteiger partial charge in [-0.05, 0) is 12.3 Å². The fourth-order valence-electron chi connectivity index (χ4n) is 1.98. The molecule has 1 aliphatic rings. The molecule has 1 heterocycles. The molecule has 1 rings (SSSR count). The summed E-state index contributed by atoms with van der Waals surface area (Å²) in [6.07, 6.45) is 3.64. The SMILES string of the molecule is CCCC(C)CC(N)C1COCCO1. The molecule has 0 radical (unpaired) electrons. The molecule has 0 aromatic heterocycles. The monoisotopic (exact) mass is 201 g/mol. The van der Waals surface area contributed by atoms with Gasteiger partial charge in [-0.1, -0.05) is 26.7 Å². The molecule has 0 aromatic rings. The first-order valence-corrected chi connectivity index (χ1v) is 5.69. The van der Waals surface area contributed by atoms with Crippen LogP contribution < -0.4 is 5.73 Å². The second-order valence-electron chi connectivity index (χ2n) is 4.28. The quantitative estimate of drug-likeness (QED) is 0.734. The van der Waals surface area contributed by atoms with E-state index < -0.39 is 0 Å². The molecule has 1 saturated heterocycles. The topological polar surface area (TPSA) is 44.5 Å². The summed E-state index contributed by atoms with van der Waals surface area (Å²) in [4.78, 5) is 0. The molecule has 1 fully saturated rings. The lowest BCUT2D eigenvalue weighted by molar-refractivity contribution is -0.0989. The second-order valence-corrected chi connectivity index (χ2v) is 4.28. The lowest BCUT2D eigenvalue weighted by atomic mass is 9.95. The Kier molecular flexibility index (Phi) is 5.45. The van der Waals surface area contributed by atoms with Crippen molar-refractivity contribution < 1.29 is 9.47 Å². The van der Waals surface area contributed by atoms with Gasteiger partial charge in [0.1, 0.15) is 0 Å². The summed E-state index contributed by atoms with van der Waals surface area (Å²) >= 11 is 0. The van der Waals surface area contributed by atoms with Gasteiger partial charge in [-0.15, -0.1) is 0 Å². The van der Waals surface area contributed by atoms with Crippen LogP contribution in [0.4, 0.5) is 0 Å². The number of hydrogen-bond donors (Lipinski definition) is 1. The van der Waals surface area contributed by atoms with Gasteiger partial charge < -0.3 is 15.2 Å². The highest BCUT2D eigenvalue weighted by atomic mass is 16.6. The molecule has 0 spiro atoms. The minimum absolute atomic E-state index is 0.114. The third-order valence-electron chi connectivity index (χ3n) is 2.78. The van der Waals surface area contributed by atoms with Gasteiger partial charge in [-0.3, -0.25) is 0 Å². The van der Waals surface area contributed by atoms with E-state index in [1.165, 1.54) is 12.8 Å². The molecule has 3 atom stereocenters. The molecule has 3 unspecified atom stereocenters. The van der Waals surface area contributed by atoms with Gasteiger partial charge in [-0.25, -0.2) is 0 Å². The van der Waals surface area contributed by atoms with Crippen LogP contribution in [-0.2, 0) is 9.47 Å². The second kappa shape index (κ2) is 6.38. The van der Waals surface area contributed by atoms with Crippen molar-refractivity contribution in [3.05, 3.63) is 0 Å². The Bertz CT molecular complexity index is 146. The first-order valence-electron chi connectivity index (χ1n) is 5.69. The molecule has 0 aliphatic carbocycles. The molecule has 0 saturated carbocycles. The summed E-state index contributed by atoms with van der Waals surface area (Å²) in [5.74, 6) is 0.695. The predicted molar refractivity (Wildman–Crippen MR) is 57.2 cm³/mol. The average Bonchev–Trinajstić information content (AvgIpc) is 2.19. The molecule has 1 aliphatic heterocycles. The third kappa shape index (κ3) is 3.95. The van der Waals surface area contributed by atoms with Gasteiger partial charge in [0.15, 0.2) is 0 Å². The van der Waals surface area contributed by atoms with Crippen molar-refractivity contribution in [2.24, 2.45) is 11.7 Å². The summed E-state index contributed by atoms with van der Waals surface area (Å²) in [7, 11) is 0. The first-order chi connectivity index (χ1) is 6.74. The van der Waals surface area contributed by atoms with Crippen LogP contribution in [0.1, 0.15) is 33.1 Å². The van der Waals surface area contributed by atoms with Crippen LogP contribution >= 0.6 is 0 Å². The Labute approximate surface area is 86.9 Å². The molecule has 0 amide bonds. The molecule has 84 valence electrons. The maximum atomic E-state index is 6.07. The zero-order chi connectivity index (χ0) is 10.4. The van der Waals surface area contributed by atoms with Crippen LogP contribution in [0.2, 0.25) is 0 Å². The average molecular weight is 201 g/mol. The molecule has 0 aromatic carbocycles. The lowest BCUT2D eigenvalue weighted by Crippen LogP contribution is -2.44. The number of hydrogen-bond acceptors (Lipinski definition) is 3. The largest absolute Gasteiger partial charge is 0.376 e. The van der Waals surface area contributed by atoms with Gasteiger partial charge in [0.25, 0.3) is 0 Å². The maximum absolute atomic E-state index is 6.07. The lowest BCUT2D eigenvalue weighted by Gasteiger charge is -2.29. The van der Waals surface area contributed by atoms with Crippen molar-refractivity contribution >= 4 is 0 Å². The zero-order valence-corrected chi connectivity index (χ0v) is 9.37. The van der Waals surface area contributed by atoms with Crippen LogP contribution in [0, 0.1) is 5.92 Å². The normalized spacial score (nSPS) is 27.2. The van der Waals surface area contributed by atoms with Gasteiger partial charge in [0.05, 0.1) is 25.9 Å². The standard InChI is InChI=1S/C11H23NO2/c1-3-4-9(2)7-10(12)11-8-13-5-6-14-11/h9-11H,3-8,12H2,1-2H3. The van der Waals surface area contributed by atoms with Crippen LogP contribution in [0.15, 0.2) is 0 Å². The van der Waals surface area contributed by atoms with Crippen LogP contribution in [-0.4, -0.2) is 32.0 Å². The number of nitrogens with two attached hydrogens (primary N) is 1. The summed E-state index contributed by atoms with van der Waals surface area (Å²) in [5.41, 5.74) is 6.07. The maximum Gasteiger partial charge on any atom is 0.0960 e. The molecule has 14 heavy (non-hydrogen) atoms. The van der Waals surface area contributed by atoms with E-state index in [2.05, 4.69) is 13.8 Å². The minimum Gasteiger partial charge on any atom is -0.376 e. The Hall–Kier alpha value is -0.120. The Morgan fingerprint density at radius 3 is 2.79 bits per heavy atom. The predicted octanol–water partition coefficient (Wildman–Crippen LogP) is 1.56. The van der Waals surface area contributed by atoms with Gasteiger partial charge in [0, 0.05) is 6.04 Å². The van der Waals surface area contributed by atoms with Crippen molar-refractivity contribution in [1.82, 2.24) is 0 Å². The van der Waals surface area contributed by atoms with E-state index >= 15 is 0 Å². The van der Waals surface area contributed by atoms with Crippen molar-refractivity contribution in [3.8, 4) is 0 Å². The van der Waals surface area contributed by atoms with Crippen molar-refractivity contribution in [3.63, 3.8) is 0 Å². The Morgan fingerprint density at radius 2 is 2.21 bits per heavy atom. The minimum atomic E-state index is 0.114. The van der Waals surface area contributed by atoms with Gasteiger partial charge in [0.2, 0.25) is 0 Å². The van der Waals surface area contributed by atoms with E-state index in [0.29, 0.717) is 25.7 Å². The zero-order valence-electron chi connectivity index (χ0n) is 9.37. The van der Waals surface area contributed by atoms with E-state index in [0.717, 1.165) is 6.42 Å². The van der Waals surface area contributed by atoms with Gasteiger partial charge >= 0.3 is 0 Å². The Balaban J connectivity index is 2.21. The Morgan fingerprint density at radius 1 is 1.43 bits per heavy atom. The fourth-order valence-corrected chi connectivity index (χ4v) is 1.98. The fraction of sp³-hybridized carbons (Fsp3) is 1.00.